The highest BCUT2D eigenvalue weighted by atomic mass is 19.1. The van der Waals surface area contributed by atoms with Gasteiger partial charge in [-0.05, 0) is 49.2 Å². The van der Waals surface area contributed by atoms with E-state index in [0.29, 0.717) is 0 Å². The van der Waals surface area contributed by atoms with E-state index in [4.69, 9.17) is 0 Å². The van der Waals surface area contributed by atoms with Crippen LogP contribution in [0.1, 0.15) is 21.5 Å². The Balaban J connectivity index is 2.37. The Bertz CT molecular complexity index is 647. The highest BCUT2D eigenvalue weighted by molar-refractivity contribution is 6.07. The van der Waals surface area contributed by atoms with Gasteiger partial charge in [0.25, 0.3) is 5.91 Å². The molecule has 0 bridgehead atoms. The van der Waals surface area contributed by atoms with E-state index in [1.807, 2.05) is 32.0 Å². The van der Waals surface area contributed by atoms with Crippen molar-refractivity contribution >= 4 is 11.6 Å². The highest BCUT2D eigenvalue weighted by Crippen LogP contribution is 2.24. The molecule has 0 radical (unpaired) electrons. The number of carbonyl (C=O) groups is 1. The Morgan fingerprint density at radius 3 is 2.25 bits per heavy atom. The number of hydrogen-bond donors (Lipinski definition) is 1. The van der Waals surface area contributed by atoms with Crippen molar-refractivity contribution in [2.45, 2.75) is 13.8 Å². The summed E-state index contributed by atoms with van der Waals surface area (Å²) in [4.78, 5) is 13.8. The second-order valence-electron chi connectivity index (χ2n) is 4.87. The quantitative estimate of drug-likeness (QED) is 0.910. The van der Waals surface area contributed by atoms with E-state index in [0.717, 1.165) is 28.9 Å². The van der Waals surface area contributed by atoms with Gasteiger partial charge in [0.2, 0.25) is 0 Å². The van der Waals surface area contributed by atoms with Gasteiger partial charge >= 0.3 is 0 Å². The average molecular weight is 273 g/mol. The molecule has 0 spiro atoms. The topological polar surface area (TPSA) is 40.5 Å². The van der Waals surface area contributed by atoms with E-state index >= 15 is 0 Å². The predicted molar refractivity (Wildman–Crippen MR) is 76.7 cm³/mol. The predicted octanol–water partition coefficient (Wildman–Crippen LogP) is 3.42. The molecule has 0 aliphatic carbocycles. The second kappa shape index (κ2) is 5.33. The summed E-state index contributed by atoms with van der Waals surface area (Å²) < 4.78 is 13.0. The van der Waals surface area contributed by atoms with Gasteiger partial charge in [-0.3, -0.25) is 4.79 Å². The molecule has 104 valence electrons. The van der Waals surface area contributed by atoms with Gasteiger partial charge in [0, 0.05) is 18.8 Å². The van der Waals surface area contributed by atoms with E-state index in [2.05, 4.69) is 0 Å². The minimum atomic E-state index is -0.576. The number of anilines is 1. The monoisotopic (exact) mass is 273 g/mol. The molecule has 0 aliphatic rings. The number of rotatable bonds is 2. The van der Waals surface area contributed by atoms with Gasteiger partial charge in [0.05, 0.1) is 5.56 Å². The lowest BCUT2D eigenvalue weighted by atomic mass is 10.1. The number of aromatic hydroxyl groups is 1. The molecule has 0 unspecified atom stereocenters. The maximum Gasteiger partial charge on any atom is 0.261 e. The van der Waals surface area contributed by atoms with Crippen molar-refractivity contribution in [2.75, 3.05) is 11.9 Å². The first-order valence-electron chi connectivity index (χ1n) is 6.23. The van der Waals surface area contributed by atoms with Gasteiger partial charge in [0.15, 0.2) is 0 Å². The number of carbonyl (C=O) groups excluding carboxylic acids is 1. The first-order valence-corrected chi connectivity index (χ1v) is 6.23. The molecule has 1 amide bonds. The van der Waals surface area contributed by atoms with Crippen LogP contribution in [-0.2, 0) is 0 Å². The maximum atomic E-state index is 13.0. The standard InChI is InChI=1S/C16H16FNO2/c1-10-6-11(2)8-13(7-10)18(3)16(20)14-5-4-12(17)9-15(14)19/h4-9,19H,1-3H3. The average Bonchev–Trinajstić information content (AvgIpc) is 2.36. The summed E-state index contributed by atoms with van der Waals surface area (Å²) in [5.41, 5.74) is 2.90. The molecule has 1 N–H and O–H groups in total. The van der Waals surface area contributed by atoms with Crippen molar-refractivity contribution in [1.29, 1.82) is 0 Å². The fourth-order valence-electron chi connectivity index (χ4n) is 2.13. The van der Waals surface area contributed by atoms with Crippen LogP contribution in [0.15, 0.2) is 36.4 Å². The van der Waals surface area contributed by atoms with Crippen molar-refractivity contribution < 1.29 is 14.3 Å². The molecule has 4 heteroatoms. The van der Waals surface area contributed by atoms with Gasteiger partial charge in [-0.25, -0.2) is 4.39 Å². The lowest BCUT2D eigenvalue weighted by Crippen LogP contribution is -2.26. The third kappa shape index (κ3) is 2.79. The van der Waals surface area contributed by atoms with Gasteiger partial charge in [-0.2, -0.15) is 0 Å². The van der Waals surface area contributed by atoms with Crippen LogP contribution in [0, 0.1) is 19.7 Å². The molecule has 2 aromatic rings. The minimum absolute atomic E-state index is 0.0769. The zero-order valence-corrected chi connectivity index (χ0v) is 11.6. The number of hydrogen-bond acceptors (Lipinski definition) is 2. The van der Waals surface area contributed by atoms with E-state index in [1.165, 1.54) is 11.0 Å². The van der Waals surface area contributed by atoms with Crippen molar-refractivity contribution in [3.05, 3.63) is 58.9 Å². The van der Waals surface area contributed by atoms with Crippen molar-refractivity contribution in [3.63, 3.8) is 0 Å². The summed E-state index contributed by atoms with van der Waals surface area (Å²) >= 11 is 0. The van der Waals surface area contributed by atoms with Gasteiger partial charge < -0.3 is 10.0 Å². The van der Waals surface area contributed by atoms with Crippen LogP contribution in [0.3, 0.4) is 0 Å². The van der Waals surface area contributed by atoms with Crippen molar-refractivity contribution in [2.24, 2.45) is 0 Å². The zero-order chi connectivity index (χ0) is 14.9. The molecular weight excluding hydrogens is 257 g/mol. The van der Waals surface area contributed by atoms with Crippen molar-refractivity contribution in [3.8, 4) is 5.75 Å². The van der Waals surface area contributed by atoms with Crippen LogP contribution in [0.4, 0.5) is 10.1 Å². The summed E-state index contributed by atoms with van der Waals surface area (Å²) in [5.74, 6) is -1.31. The maximum absolute atomic E-state index is 13.0. The smallest absolute Gasteiger partial charge is 0.261 e. The first-order chi connectivity index (χ1) is 9.38. The number of aryl methyl sites for hydroxylation is 2. The molecular formula is C16H16FNO2. The van der Waals surface area contributed by atoms with Crippen LogP contribution in [-0.4, -0.2) is 18.1 Å². The number of halogens is 1. The van der Waals surface area contributed by atoms with Gasteiger partial charge in [-0.1, -0.05) is 6.07 Å². The Labute approximate surface area is 117 Å². The van der Waals surface area contributed by atoms with E-state index in [-0.39, 0.29) is 17.2 Å². The SMILES string of the molecule is Cc1cc(C)cc(N(C)C(=O)c2ccc(F)cc2O)c1. The molecule has 0 saturated heterocycles. The molecule has 0 aliphatic heterocycles. The van der Waals surface area contributed by atoms with Crippen LogP contribution in [0.2, 0.25) is 0 Å². The minimum Gasteiger partial charge on any atom is -0.507 e. The van der Waals surface area contributed by atoms with Gasteiger partial charge in [-0.15, -0.1) is 0 Å². The second-order valence-corrected chi connectivity index (χ2v) is 4.87. The Kier molecular flexibility index (Phi) is 3.74. The lowest BCUT2D eigenvalue weighted by molar-refractivity contribution is 0.0990. The number of phenols is 1. The Morgan fingerprint density at radius 2 is 1.70 bits per heavy atom. The number of benzene rings is 2. The summed E-state index contributed by atoms with van der Waals surface area (Å²) in [6.07, 6.45) is 0. The third-order valence-electron chi connectivity index (χ3n) is 3.09. The molecule has 3 nitrogen and oxygen atoms in total. The van der Waals surface area contributed by atoms with E-state index in [1.54, 1.807) is 7.05 Å². The molecule has 2 rings (SSSR count). The van der Waals surface area contributed by atoms with Crippen LogP contribution >= 0.6 is 0 Å². The Hall–Kier alpha value is -2.36. The molecule has 20 heavy (non-hydrogen) atoms. The zero-order valence-electron chi connectivity index (χ0n) is 11.6. The number of amides is 1. The van der Waals surface area contributed by atoms with Gasteiger partial charge in [0.1, 0.15) is 11.6 Å². The molecule has 0 saturated carbocycles. The third-order valence-corrected chi connectivity index (χ3v) is 3.09. The summed E-state index contributed by atoms with van der Waals surface area (Å²) in [5, 5.41) is 9.68. The highest BCUT2D eigenvalue weighted by Gasteiger charge is 2.17. The molecule has 0 heterocycles. The lowest BCUT2D eigenvalue weighted by Gasteiger charge is -2.19. The van der Waals surface area contributed by atoms with E-state index in [9.17, 15) is 14.3 Å². The Morgan fingerprint density at radius 1 is 1.10 bits per heavy atom. The summed E-state index contributed by atoms with van der Waals surface area (Å²) in [6.45, 7) is 3.90. The summed E-state index contributed by atoms with van der Waals surface area (Å²) in [6, 6.07) is 9.14. The molecule has 2 aromatic carbocycles. The van der Waals surface area contributed by atoms with Crippen LogP contribution in [0.25, 0.3) is 0 Å². The number of phenolic OH excluding ortho intramolecular Hbond substituents is 1. The molecule has 0 atom stereocenters. The van der Waals surface area contributed by atoms with Crippen LogP contribution in [0.5, 0.6) is 5.75 Å². The molecule has 0 aromatic heterocycles. The number of nitrogens with zero attached hydrogens (tertiary/aromatic N) is 1. The largest absolute Gasteiger partial charge is 0.507 e. The fraction of sp³-hybridized carbons (Fsp3) is 0.188. The fourth-order valence-corrected chi connectivity index (χ4v) is 2.13. The van der Waals surface area contributed by atoms with Crippen molar-refractivity contribution in [1.82, 2.24) is 0 Å². The molecule has 0 fully saturated rings. The summed E-state index contributed by atoms with van der Waals surface area (Å²) in [7, 11) is 1.62. The normalized spacial score (nSPS) is 10.4. The van der Waals surface area contributed by atoms with E-state index < -0.39 is 5.82 Å². The van der Waals surface area contributed by atoms with Crippen LogP contribution < -0.4 is 4.90 Å². The first kappa shape index (κ1) is 14.1.